The molecule has 0 saturated heterocycles. The van der Waals surface area contributed by atoms with Crippen LogP contribution in [-0.2, 0) is 16.0 Å². The fraction of sp³-hybridized carbons (Fsp3) is 0.231. The highest BCUT2D eigenvalue weighted by atomic mass is 19.3. The lowest BCUT2D eigenvalue weighted by Gasteiger charge is -2.07. The Morgan fingerprint density at radius 2 is 2.00 bits per heavy atom. The summed E-state index contributed by atoms with van der Waals surface area (Å²) in [5.41, 5.74) is 11.2. The van der Waals surface area contributed by atoms with Crippen LogP contribution in [0.3, 0.4) is 0 Å². The van der Waals surface area contributed by atoms with Crippen LogP contribution in [0.25, 0.3) is 0 Å². The Balaban J connectivity index is 2.61. The molecule has 0 radical (unpaired) electrons. The molecule has 0 aliphatic heterocycles. The summed E-state index contributed by atoms with van der Waals surface area (Å²) in [4.78, 5) is 21.5. The van der Waals surface area contributed by atoms with Crippen molar-refractivity contribution in [3.63, 3.8) is 0 Å². The molecule has 0 bridgehead atoms. The van der Waals surface area contributed by atoms with E-state index in [9.17, 15) is 18.4 Å². The van der Waals surface area contributed by atoms with E-state index >= 15 is 0 Å². The number of hydrogen-bond donors (Lipinski definition) is 2. The van der Waals surface area contributed by atoms with Crippen LogP contribution < -0.4 is 16.2 Å². The van der Waals surface area contributed by atoms with Crippen molar-refractivity contribution in [2.75, 3.05) is 0 Å². The lowest BCUT2D eigenvalue weighted by Crippen LogP contribution is -2.22. The smallest absolute Gasteiger partial charge is 0.387 e. The molecule has 0 aromatic heterocycles. The van der Waals surface area contributed by atoms with E-state index in [4.69, 9.17) is 11.5 Å². The molecule has 0 spiro atoms. The molecule has 1 rings (SSSR count). The highest BCUT2D eigenvalue weighted by Gasteiger charge is 2.07. The molecule has 0 atom stereocenters. The Hall–Kier alpha value is -2.44. The van der Waals surface area contributed by atoms with Gasteiger partial charge in [-0.05, 0) is 30.5 Å². The van der Waals surface area contributed by atoms with Crippen LogP contribution in [-0.4, -0.2) is 18.3 Å². The molecule has 20 heavy (non-hydrogen) atoms. The summed E-state index contributed by atoms with van der Waals surface area (Å²) in [7, 11) is 0. The molecule has 0 saturated carbocycles. The fourth-order valence-electron chi connectivity index (χ4n) is 1.48. The number of benzene rings is 1. The van der Waals surface area contributed by atoms with Gasteiger partial charge < -0.3 is 16.2 Å². The summed E-state index contributed by atoms with van der Waals surface area (Å²) in [6.07, 6.45) is 1.66. The molecule has 0 fully saturated rings. The predicted octanol–water partition coefficient (Wildman–Crippen LogP) is 1.12. The number of carbonyl (C=O) groups is 2. The minimum absolute atomic E-state index is 0.0493. The topological polar surface area (TPSA) is 95.4 Å². The maximum atomic E-state index is 12.1. The van der Waals surface area contributed by atoms with Crippen LogP contribution in [0.2, 0.25) is 0 Å². The number of allylic oxidation sites excluding steroid dienone is 1. The summed E-state index contributed by atoms with van der Waals surface area (Å²) in [5.74, 6) is -1.91. The van der Waals surface area contributed by atoms with Crippen molar-refractivity contribution < 1.29 is 23.1 Å². The second-order valence-corrected chi connectivity index (χ2v) is 3.97. The van der Waals surface area contributed by atoms with Crippen LogP contribution in [0.4, 0.5) is 8.78 Å². The number of amides is 1. The average molecular weight is 284 g/mol. The number of alkyl halides is 2. The van der Waals surface area contributed by atoms with Crippen LogP contribution in [0, 0.1) is 0 Å². The number of halogens is 2. The van der Waals surface area contributed by atoms with Crippen LogP contribution in [0.1, 0.15) is 12.0 Å². The lowest BCUT2D eigenvalue weighted by atomic mass is 10.1. The zero-order valence-corrected chi connectivity index (χ0v) is 10.5. The third-order valence-electron chi connectivity index (χ3n) is 2.39. The summed E-state index contributed by atoms with van der Waals surface area (Å²) in [6.45, 7) is -2.89. The number of ether oxygens (including phenoxy) is 1. The normalized spacial score (nSPS) is 11.4. The third kappa shape index (κ3) is 5.47. The largest absolute Gasteiger partial charge is 0.435 e. The van der Waals surface area contributed by atoms with Crippen LogP contribution in [0.15, 0.2) is 36.0 Å². The molecule has 7 heteroatoms. The first kappa shape index (κ1) is 15.6. The van der Waals surface area contributed by atoms with E-state index in [2.05, 4.69) is 4.74 Å². The van der Waals surface area contributed by atoms with Crippen molar-refractivity contribution in [3.8, 4) is 5.75 Å². The predicted molar refractivity (Wildman–Crippen MR) is 67.9 cm³/mol. The van der Waals surface area contributed by atoms with Gasteiger partial charge in [0.05, 0.1) is 0 Å². The fourth-order valence-corrected chi connectivity index (χ4v) is 1.48. The molecule has 108 valence electrons. The van der Waals surface area contributed by atoms with Crippen LogP contribution >= 0.6 is 0 Å². The summed E-state index contributed by atoms with van der Waals surface area (Å²) < 4.78 is 28.4. The molecule has 1 aromatic carbocycles. The number of primary amides is 1. The van der Waals surface area contributed by atoms with Crippen molar-refractivity contribution in [2.24, 2.45) is 11.5 Å². The van der Waals surface area contributed by atoms with Gasteiger partial charge in [-0.3, -0.25) is 9.59 Å². The minimum Gasteiger partial charge on any atom is -0.435 e. The Morgan fingerprint density at radius 3 is 2.60 bits per heavy atom. The molecule has 0 unspecified atom stereocenters. The monoisotopic (exact) mass is 284 g/mol. The summed E-state index contributed by atoms with van der Waals surface area (Å²) in [6, 6.07) is 6.14. The van der Waals surface area contributed by atoms with Gasteiger partial charge in [-0.15, -0.1) is 0 Å². The second-order valence-electron chi connectivity index (χ2n) is 3.97. The van der Waals surface area contributed by atoms with Gasteiger partial charge in [0.2, 0.25) is 5.78 Å². The van der Waals surface area contributed by atoms with E-state index in [0.717, 1.165) is 6.08 Å². The molecule has 4 N–H and O–H groups in total. The number of nitrogens with two attached hydrogens (primary N) is 2. The quantitative estimate of drug-likeness (QED) is 0.579. The first-order valence-corrected chi connectivity index (χ1v) is 5.72. The molecule has 1 aromatic rings. The lowest BCUT2D eigenvalue weighted by molar-refractivity contribution is -0.133. The second kappa shape index (κ2) is 7.22. The maximum Gasteiger partial charge on any atom is 0.387 e. The van der Waals surface area contributed by atoms with Crippen molar-refractivity contribution in [2.45, 2.75) is 19.5 Å². The standard InChI is InChI=1S/C13H14F2N2O3/c14-13(15)20-10-3-1-2-8(6-10)4-5-9(16)7-11(18)12(17)19/h1-3,6-7,13H,4-5,16H2,(H2,17,19). The van der Waals surface area contributed by atoms with Gasteiger partial charge in [-0.1, -0.05) is 12.1 Å². The van der Waals surface area contributed by atoms with Gasteiger partial charge in [0.25, 0.3) is 5.91 Å². The van der Waals surface area contributed by atoms with Crippen molar-refractivity contribution in [1.29, 1.82) is 0 Å². The maximum absolute atomic E-state index is 12.1. The molecule has 5 nitrogen and oxygen atoms in total. The van der Waals surface area contributed by atoms with Crippen LogP contribution in [0.5, 0.6) is 5.75 Å². The molecule has 0 aliphatic carbocycles. The van der Waals surface area contributed by atoms with Crippen molar-refractivity contribution in [1.82, 2.24) is 0 Å². The van der Waals surface area contributed by atoms with E-state index in [1.54, 1.807) is 12.1 Å². The van der Waals surface area contributed by atoms with E-state index in [1.165, 1.54) is 12.1 Å². The Kier molecular flexibility index (Phi) is 5.64. The molecule has 1 amide bonds. The van der Waals surface area contributed by atoms with Crippen molar-refractivity contribution in [3.05, 3.63) is 41.6 Å². The van der Waals surface area contributed by atoms with E-state index in [-0.39, 0.29) is 17.9 Å². The molecule has 0 aliphatic rings. The Bertz CT molecular complexity index is 530. The number of rotatable bonds is 7. The Labute approximate surface area is 114 Å². The number of hydrogen-bond acceptors (Lipinski definition) is 4. The van der Waals surface area contributed by atoms with Gasteiger partial charge in [0.15, 0.2) is 0 Å². The van der Waals surface area contributed by atoms with Gasteiger partial charge in [-0.2, -0.15) is 8.78 Å². The molecular formula is C13H14F2N2O3. The van der Waals surface area contributed by atoms with E-state index < -0.39 is 18.3 Å². The van der Waals surface area contributed by atoms with Gasteiger partial charge in [0.1, 0.15) is 5.75 Å². The van der Waals surface area contributed by atoms with Gasteiger partial charge in [0, 0.05) is 11.8 Å². The molecular weight excluding hydrogens is 270 g/mol. The van der Waals surface area contributed by atoms with E-state index in [1.807, 2.05) is 0 Å². The first-order chi connectivity index (χ1) is 9.38. The third-order valence-corrected chi connectivity index (χ3v) is 2.39. The summed E-state index contributed by atoms with van der Waals surface area (Å²) in [5, 5.41) is 0. The summed E-state index contributed by atoms with van der Waals surface area (Å²) >= 11 is 0. The Morgan fingerprint density at radius 1 is 1.30 bits per heavy atom. The number of carbonyl (C=O) groups excluding carboxylic acids is 2. The SMILES string of the molecule is NC(=O)C(=O)C=C(N)CCc1cccc(OC(F)F)c1. The number of ketones is 1. The first-order valence-electron chi connectivity index (χ1n) is 5.72. The zero-order valence-electron chi connectivity index (χ0n) is 10.5. The van der Waals surface area contributed by atoms with Gasteiger partial charge in [-0.25, -0.2) is 0 Å². The highest BCUT2D eigenvalue weighted by molar-refractivity contribution is 6.40. The number of aryl methyl sites for hydroxylation is 1. The van der Waals surface area contributed by atoms with Crippen molar-refractivity contribution >= 4 is 11.7 Å². The van der Waals surface area contributed by atoms with E-state index in [0.29, 0.717) is 12.0 Å². The average Bonchev–Trinajstić information content (AvgIpc) is 2.36. The minimum atomic E-state index is -2.89. The highest BCUT2D eigenvalue weighted by Crippen LogP contribution is 2.17. The molecule has 0 heterocycles. The zero-order chi connectivity index (χ0) is 15.1. The van der Waals surface area contributed by atoms with Gasteiger partial charge >= 0.3 is 6.61 Å².